The number of anilines is 1. The second-order valence-corrected chi connectivity index (χ2v) is 6.21. The fourth-order valence-electron chi connectivity index (χ4n) is 2.39. The van der Waals surface area contributed by atoms with E-state index in [1.807, 2.05) is 6.07 Å². The first-order chi connectivity index (χ1) is 13.0. The van der Waals surface area contributed by atoms with Crippen molar-refractivity contribution in [2.45, 2.75) is 0 Å². The normalized spacial score (nSPS) is 10.4. The maximum Gasteiger partial charge on any atom is 0.322 e. The topological polar surface area (TPSA) is 95.7 Å². The van der Waals surface area contributed by atoms with E-state index in [0.717, 1.165) is 4.47 Å². The lowest BCUT2D eigenvalue weighted by atomic mass is 10.2. The van der Waals surface area contributed by atoms with Crippen LogP contribution in [0.5, 0.6) is 17.2 Å². The molecule has 9 heteroatoms. The second kappa shape index (κ2) is 8.09. The molecule has 0 atom stereocenters. The minimum absolute atomic E-state index is 0.0243. The fraction of sp³-hybridized carbons (Fsp3) is 0.167. The van der Waals surface area contributed by atoms with Gasteiger partial charge in [0.05, 0.1) is 21.3 Å². The van der Waals surface area contributed by atoms with Gasteiger partial charge < -0.3 is 18.6 Å². The average molecular weight is 434 g/mol. The Labute approximate surface area is 163 Å². The molecule has 1 aromatic heterocycles. The largest absolute Gasteiger partial charge is 0.493 e. The molecule has 0 spiro atoms. The summed E-state index contributed by atoms with van der Waals surface area (Å²) in [5.41, 5.74) is 1.01. The summed E-state index contributed by atoms with van der Waals surface area (Å²) in [5, 5.41) is 10.4. The number of halogens is 1. The van der Waals surface area contributed by atoms with Gasteiger partial charge in [-0.25, -0.2) is 0 Å². The average Bonchev–Trinajstić information content (AvgIpc) is 3.15. The summed E-state index contributed by atoms with van der Waals surface area (Å²) >= 11 is 3.32. The second-order valence-electron chi connectivity index (χ2n) is 5.29. The zero-order valence-corrected chi connectivity index (χ0v) is 16.4. The quantitative estimate of drug-likeness (QED) is 0.631. The van der Waals surface area contributed by atoms with Gasteiger partial charge in [0.1, 0.15) is 0 Å². The number of hydrogen-bond acceptors (Lipinski definition) is 7. The molecule has 27 heavy (non-hydrogen) atoms. The van der Waals surface area contributed by atoms with Crippen molar-refractivity contribution in [3.8, 4) is 28.7 Å². The first kappa shape index (κ1) is 18.7. The molecule has 8 nitrogen and oxygen atoms in total. The van der Waals surface area contributed by atoms with Crippen LogP contribution >= 0.6 is 15.9 Å². The van der Waals surface area contributed by atoms with Gasteiger partial charge in [-0.3, -0.25) is 10.1 Å². The van der Waals surface area contributed by atoms with Crippen LogP contribution in [0.1, 0.15) is 10.4 Å². The summed E-state index contributed by atoms with van der Waals surface area (Å²) in [4.78, 5) is 12.3. The number of nitrogens with zero attached hydrogens (tertiary/aromatic N) is 2. The van der Waals surface area contributed by atoms with Gasteiger partial charge in [-0.2, -0.15) is 0 Å². The lowest BCUT2D eigenvalue weighted by Gasteiger charge is -2.12. The van der Waals surface area contributed by atoms with Gasteiger partial charge in [0.25, 0.3) is 5.91 Å². The van der Waals surface area contributed by atoms with Gasteiger partial charge in [-0.05, 0) is 30.3 Å². The van der Waals surface area contributed by atoms with Crippen LogP contribution in [0.15, 0.2) is 45.3 Å². The Morgan fingerprint density at radius 1 is 1.04 bits per heavy atom. The molecule has 0 fully saturated rings. The van der Waals surface area contributed by atoms with E-state index < -0.39 is 0 Å². The summed E-state index contributed by atoms with van der Waals surface area (Å²) in [7, 11) is 4.54. The van der Waals surface area contributed by atoms with Crippen molar-refractivity contribution in [3.05, 3.63) is 46.4 Å². The molecule has 0 radical (unpaired) electrons. The molecule has 0 aliphatic heterocycles. The Morgan fingerprint density at radius 2 is 1.74 bits per heavy atom. The molecular formula is C18H16BrN3O5. The number of hydrogen-bond donors (Lipinski definition) is 1. The first-order valence-corrected chi connectivity index (χ1v) is 8.55. The van der Waals surface area contributed by atoms with Crippen molar-refractivity contribution in [1.82, 2.24) is 10.2 Å². The predicted molar refractivity (Wildman–Crippen MR) is 101 cm³/mol. The van der Waals surface area contributed by atoms with Crippen molar-refractivity contribution in [1.29, 1.82) is 0 Å². The fourth-order valence-corrected chi connectivity index (χ4v) is 2.79. The Kier molecular flexibility index (Phi) is 5.60. The van der Waals surface area contributed by atoms with Gasteiger partial charge in [0, 0.05) is 15.6 Å². The number of ether oxygens (including phenoxy) is 3. The molecule has 2 aromatic carbocycles. The minimum atomic E-state index is -0.364. The summed E-state index contributed by atoms with van der Waals surface area (Å²) < 4.78 is 22.2. The van der Waals surface area contributed by atoms with Crippen molar-refractivity contribution in [2.24, 2.45) is 0 Å². The van der Waals surface area contributed by atoms with Gasteiger partial charge in [-0.1, -0.05) is 27.1 Å². The number of benzene rings is 2. The SMILES string of the molecule is COc1cc(-c2nnc(NC(=O)c3cccc(Br)c3)o2)cc(OC)c1OC. The molecule has 0 saturated heterocycles. The number of rotatable bonds is 6. The number of carbonyl (C=O) groups excluding carboxylic acids is 1. The van der Waals surface area contributed by atoms with Gasteiger partial charge in [0.15, 0.2) is 11.5 Å². The number of nitrogens with one attached hydrogen (secondary N) is 1. The summed E-state index contributed by atoms with van der Waals surface area (Å²) in [6, 6.07) is 10.3. The molecule has 1 heterocycles. The Balaban J connectivity index is 1.86. The lowest BCUT2D eigenvalue weighted by Crippen LogP contribution is -2.11. The molecule has 3 rings (SSSR count). The van der Waals surface area contributed by atoms with E-state index in [1.54, 1.807) is 30.3 Å². The summed E-state index contributed by atoms with van der Waals surface area (Å²) in [6.45, 7) is 0. The van der Waals surface area contributed by atoms with Gasteiger partial charge in [-0.15, -0.1) is 5.10 Å². The third-order valence-electron chi connectivity index (χ3n) is 3.64. The number of methoxy groups -OCH3 is 3. The number of amides is 1. The van der Waals surface area contributed by atoms with Gasteiger partial charge in [0.2, 0.25) is 11.6 Å². The third kappa shape index (κ3) is 4.03. The van der Waals surface area contributed by atoms with Crippen molar-refractivity contribution in [2.75, 3.05) is 26.6 Å². The molecule has 3 aromatic rings. The molecule has 0 bridgehead atoms. The van der Waals surface area contributed by atoms with E-state index in [4.69, 9.17) is 18.6 Å². The maximum absolute atomic E-state index is 12.3. The maximum atomic E-state index is 12.3. The number of carbonyl (C=O) groups is 1. The van der Waals surface area contributed by atoms with Crippen LogP contribution in [0.3, 0.4) is 0 Å². The zero-order valence-electron chi connectivity index (χ0n) is 14.8. The third-order valence-corrected chi connectivity index (χ3v) is 4.14. The molecule has 140 valence electrons. The molecule has 1 N–H and O–H groups in total. The van der Waals surface area contributed by atoms with Crippen LogP contribution in [0, 0.1) is 0 Å². The van der Waals surface area contributed by atoms with E-state index in [-0.39, 0.29) is 17.8 Å². The van der Waals surface area contributed by atoms with Crippen LogP contribution < -0.4 is 19.5 Å². The molecule has 0 aliphatic rings. The highest BCUT2D eigenvalue weighted by Crippen LogP contribution is 2.41. The van der Waals surface area contributed by atoms with Crippen molar-refractivity contribution < 1.29 is 23.4 Å². The summed E-state index contributed by atoms with van der Waals surface area (Å²) in [5.74, 6) is 1.18. The van der Waals surface area contributed by atoms with Crippen LogP contribution in [0.25, 0.3) is 11.5 Å². The van der Waals surface area contributed by atoms with Crippen LogP contribution in [0.4, 0.5) is 6.01 Å². The smallest absolute Gasteiger partial charge is 0.322 e. The molecule has 0 saturated carbocycles. The standard InChI is InChI=1S/C18H16BrN3O5/c1-24-13-8-11(9-14(25-2)15(13)26-3)17-21-22-18(27-17)20-16(23)10-5-4-6-12(19)7-10/h4-9H,1-3H3,(H,20,22,23). The molecule has 0 aliphatic carbocycles. The highest BCUT2D eigenvalue weighted by atomic mass is 79.9. The predicted octanol–water partition coefficient (Wildman–Crippen LogP) is 3.78. The van der Waals surface area contributed by atoms with Crippen molar-refractivity contribution in [3.63, 3.8) is 0 Å². The molecule has 0 unspecified atom stereocenters. The van der Waals surface area contributed by atoms with Gasteiger partial charge >= 0.3 is 6.01 Å². The Morgan fingerprint density at radius 3 is 2.33 bits per heavy atom. The highest BCUT2D eigenvalue weighted by Gasteiger charge is 2.18. The van der Waals surface area contributed by atoms with Crippen molar-refractivity contribution >= 4 is 27.9 Å². The lowest BCUT2D eigenvalue weighted by molar-refractivity contribution is 0.102. The van der Waals surface area contributed by atoms with Crippen LogP contribution in [-0.2, 0) is 0 Å². The molecule has 1 amide bonds. The zero-order chi connectivity index (χ0) is 19.4. The van der Waals surface area contributed by atoms with Crippen LogP contribution in [-0.4, -0.2) is 37.4 Å². The highest BCUT2D eigenvalue weighted by molar-refractivity contribution is 9.10. The molecular weight excluding hydrogens is 418 g/mol. The van der Waals surface area contributed by atoms with E-state index in [2.05, 4.69) is 31.4 Å². The number of aromatic nitrogens is 2. The van der Waals surface area contributed by atoms with E-state index >= 15 is 0 Å². The van der Waals surface area contributed by atoms with E-state index in [0.29, 0.717) is 28.4 Å². The Bertz CT molecular complexity index is 948. The Hall–Kier alpha value is -3.07. The minimum Gasteiger partial charge on any atom is -0.493 e. The van der Waals surface area contributed by atoms with Crippen LogP contribution in [0.2, 0.25) is 0 Å². The van der Waals surface area contributed by atoms with E-state index in [9.17, 15) is 4.79 Å². The van der Waals surface area contributed by atoms with E-state index in [1.165, 1.54) is 21.3 Å². The summed E-state index contributed by atoms with van der Waals surface area (Å²) in [6.07, 6.45) is 0. The monoisotopic (exact) mass is 433 g/mol. The first-order valence-electron chi connectivity index (χ1n) is 7.76.